The summed E-state index contributed by atoms with van der Waals surface area (Å²) in [7, 11) is 0. The molecule has 0 saturated carbocycles. The van der Waals surface area contributed by atoms with Gasteiger partial charge in [-0.25, -0.2) is 0 Å². The Morgan fingerprint density at radius 2 is 2.06 bits per heavy atom. The van der Waals surface area contributed by atoms with Crippen molar-refractivity contribution in [3.05, 3.63) is 35.9 Å². The molecule has 1 aromatic rings. The molecule has 0 aromatic heterocycles. The SMILES string of the molecule is CC(C)NCC(=O)N(CC#N)Cc1ccccc1. The molecule has 0 radical (unpaired) electrons. The van der Waals surface area contributed by atoms with Gasteiger partial charge in [0.2, 0.25) is 5.91 Å². The van der Waals surface area contributed by atoms with Crippen LogP contribution in [0, 0.1) is 11.3 Å². The smallest absolute Gasteiger partial charge is 0.237 e. The summed E-state index contributed by atoms with van der Waals surface area (Å²) >= 11 is 0. The Morgan fingerprint density at radius 1 is 1.39 bits per heavy atom. The molecule has 0 bridgehead atoms. The Bertz CT molecular complexity index is 409. The largest absolute Gasteiger partial charge is 0.324 e. The number of hydrogen-bond acceptors (Lipinski definition) is 3. The number of hydrogen-bond donors (Lipinski definition) is 1. The summed E-state index contributed by atoms with van der Waals surface area (Å²) in [5, 5.41) is 11.8. The monoisotopic (exact) mass is 245 g/mol. The van der Waals surface area contributed by atoms with E-state index in [-0.39, 0.29) is 25.0 Å². The van der Waals surface area contributed by atoms with Crippen LogP contribution < -0.4 is 5.32 Å². The van der Waals surface area contributed by atoms with Crippen molar-refractivity contribution in [2.24, 2.45) is 0 Å². The molecule has 0 fully saturated rings. The van der Waals surface area contributed by atoms with Gasteiger partial charge in [0.05, 0.1) is 12.6 Å². The highest BCUT2D eigenvalue weighted by atomic mass is 16.2. The van der Waals surface area contributed by atoms with Crippen LogP contribution in [0.4, 0.5) is 0 Å². The standard InChI is InChI=1S/C14H19N3O/c1-12(2)16-10-14(18)17(9-8-15)11-13-6-4-3-5-7-13/h3-7,12,16H,9-11H2,1-2H3. The maximum atomic E-state index is 12.0. The predicted molar refractivity (Wildman–Crippen MR) is 70.6 cm³/mol. The van der Waals surface area contributed by atoms with Gasteiger partial charge in [0.1, 0.15) is 6.54 Å². The van der Waals surface area contributed by atoms with Crippen LogP contribution in [-0.4, -0.2) is 29.9 Å². The topological polar surface area (TPSA) is 56.1 Å². The first-order chi connectivity index (χ1) is 8.63. The summed E-state index contributed by atoms with van der Waals surface area (Å²) in [5.74, 6) is -0.0471. The summed E-state index contributed by atoms with van der Waals surface area (Å²) < 4.78 is 0. The first-order valence-corrected chi connectivity index (χ1v) is 6.05. The van der Waals surface area contributed by atoms with Crippen LogP contribution in [0.15, 0.2) is 30.3 Å². The highest BCUT2D eigenvalue weighted by Gasteiger charge is 2.13. The van der Waals surface area contributed by atoms with Crippen LogP contribution in [0.1, 0.15) is 19.4 Å². The molecule has 0 heterocycles. The Balaban J connectivity index is 2.59. The van der Waals surface area contributed by atoms with Crippen molar-refractivity contribution in [1.29, 1.82) is 5.26 Å². The van der Waals surface area contributed by atoms with Crippen molar-refractivity contribution < 1.29 is 4.79 Å². The first-order valence-electron chi connectivity index (χ1n) is 6.05. The van der Waals surface area contributed by atoms with Gasteiger partial charge in [-0.1, -0.05) is 44.2 Å². The van der Waals surface area contributed by atoms with E-state index in [0.29, 0.717) is 6.54 Å². The second-order valence-electron chi connectivity index (χ2n) is 4.43. The van der Waals surface area contributed by atoms with Gasteiger partial charge in [-0.2, -0.15) is 5.26 Å². The summed E-state index contributed by atoms with van der Waals surface area (Å²) in [5.41, 5.74) is 1.03. The van der Waals surface area contributed by atoms with E-state index in [2.05, 4.69) is 5.32 Å². The molecule has 4 nitrogen and oxygen atoms in total. The van der Waals surface area contributed by atoms with Crippen molar-refractivity contribution in [3.63, 3.8) is 0 Å². The highest BCUT2D eigenvalue weighted by molar-refractivity contribution is 5.78. The van der Waals surface area contributed by atoms with Gasteiger partial charge in [-0.15, -0.1) is 0 Å². The molecular weight excluding hydrogens is 226 g/mol. The van der Waals surface area contributed by atoms with Crippen molar-refractivity contribution in [2.75, 3.05) is 13.1 Å². The lowest BCUT2D eigenvalue weighted by atomic mass is 10.2. The number of nitrogens with zero attached hydrogens (tertiary/aromatic N) is 2. The zero-order chi connectivity index (χ0) is 13.4. The van der Waals surface area contributed by atoms with Crippen LogP contribution in [0.2, 0.25) is 0 Å². The number of carbonyl (C=O) groups excluding carboxylic acids is 1. The van der Waals surface area contributed by atoms with Gasteiger partial charge in [-0.05, 0) is 5.56 Å². The number of benzene rings is 1. The van der Waals surface area contributed by atoms with Crippen LogP contribution in [0.5, 0.6) is 0 Å². The number of carbonyl (C=O) groups is 1. The normalized spacial score (nSPS) is 10.1. The zero-order valence-corrected chi connectivity index (χ0v) is 10.9. The van der Waals surface area contributed by atoms with Gasteiger partial charge in [0, 0.05) is 12.6 Å². The molecule has 0 aliphatic heterocycles. The fraction of sp³-hybridized carbons (Fsp3) is 0.429. The molecule has 1 amide bonds. The summed E-state index contributed by atoms with van der Waals surface area (Å²) in [4.78, 5) is 13.5. The van der Waals surface area contributed by atoms with E-state index in [0.717, 1.165) is 5.56 Å². The van der Waals surface area contributed by atoms with Crippen molar-refractivity contribution in [3.8, 4) is 6.07 Å². The molecule has 1 aromatic carbocycles. The van der Waals surface area contributed by atoms with Gasteiger partial charge < -0.3 is 10.2 Å². The third-order valence-corrected chi connectivity index (χ3v) is 2.49. The average molecular weight is 245 g/mol. The minimum absolute atomic E-state index is 0.0471. The minimum Gasteiger partial charge on any atom is -0.324 e. The lowest BCUT2D eigenvalue weighted by molar-refractivity contribution is -0.130. The number of nitrogens with one attached hydrogen (secondary N) is 1. The maximum Gasteiger partial charge on any atom is 0.237 e. The molecule has 0 atom stereocenters. The third kappa shape index (κ3) is 4.98. The van der Waals surface area contributed by atoms with Gasteiger partial charge in [-0.3, -0.25) is 4.79 Å². The second-order valence-corrected chi connectivity index (χ2v) is 4.43. The molecule has 18 heavy (non-hydrogen) atoms. The van der Waals surface area contributed by atoms with Gasteiger partial charge in [0.15, 0.2) is 0 Å². The first kappa shape index (κ1) is 14.2. The molecule has 96 valence electrons. The fourth-order valence-electron chi connectivity index (χ4n) is 1.52. The van der Waals surface area contributed by atoms with E-state index in [1.54, 1.807) is 4.90 Å². The van der Waals surface area contributed by atoms with Crippen molar-refractivity contribution >= 4 is 5.91 Å². The van der Waals surface area contributed by atoms with Gasteiger partial charge >= 0.3 is 0 Å². The third-order valence-electron chi connectivity index (χ3n) is 2.49. The Hall–Kier alpha value is -1.86. The quantitative estimate of drug-likeness (QED) is 0.773. The van der Waals surface area contributed by atoms with Crippen molar-refractivity contribution in [2.45, 2.75) is 26.4 Å². The zero-order valence-electron chi connectivity index (χ0n) is 10.9. The molecule has 0 spiro atoms. The maximum absolute atomic E-state index is 12.0. The van der Waals surface area contributed by atoms with E-state index < -0.39 is 0 Å². The summed E-state index contributed by atoms with van der Waals surface area (Å²) in [6.45, 7) is 4.84. The summed E-state index contributed by atoms with van der Waals surface area (Å²) in [6.07, 6.45) is 0. The highest BCUT2D eigenvalue weighted by Crippen LogP contribution is 2.04. The molecule has 4 heteroatoms. The fourth-order valence-corrected chi connectivity index (χ4v) is 1.52. The number of amides is 1. The van der Waals surface area contributed by atoms with E-state index in [1.807, 2.05) is 50.2 Å². The van der Waals surface area contributed by atoms with E-state index in [1.165, 1.54) is 0 Å². The number of rotatable bonds is 6. The molecule has 0 unspecified atom stereocenters. The molecule has 0 saturated heterocycles. The molecule has 0 aliphatic carbocycles. The Labute approximate surface area is 108 Å². The lowest BCUT2D eigenvalue weighted by Crippen LogP contribution is -2.40. The minimum atomic E-state index is -0.0471. The molecular formula is C14H19N3O. The van der Waals surface area contributed by atoms with E-state index >= 15 is 0 Å². The van der Waals surface area contributed by atoms with E-state index in [4.69, 9.17) is 5.26 Å². The second kappa shape index (κ2) is 7.46. The predicted octanol–water partition coefficient (Wildman–Crippen LogP) is 1.54. The van der Waals surface area contributed by atoms with E-state index in [9.17, 15) is 4.79 Å². The Morgan fingerprint density at radius 3 is 2.61 bits per heavy atom. The van der Waals surface area contributed by atoms with Crippen LogP contribution in [0.25, 0.3) is 0 Å². The van der Waals surface area contributed by atoms with Gasteiger partial charge in [0.25, 0.3) is 0 Å². The Kier molecular flexibility index (Phi) is 5.89. The lowest BCUT2D eigenvalue weighted by Gasteiger charge is -2.20. The summed E-state index contributed by atoms with van der Waals surface area (Å²) in [6, 6.07) is 12.0. The average Bonchev–Trinajstić information content (AvgIpc) is 2.36. The molecule has 0 aliphatic rings. The molecule has 1 rings (SSSR count). The van der Waals surface area contributed by atoms with Crippen LogP contribution in [0.3, 0.4) is 0 Å². The van der Waals surface area contributed by atoms with Crippen LogP contribution in [-0.2, 0) is 11.3 Å². The van der Waals surface area contributed by atoms with Crippen molar-refractivity contribution in [1.82, 2.24) is 10.2 Å². The van der Waals surface area contributed by atoms with Crippen LogP contribution >= 0.6 is 0 Å². The number of nitriles is 1. The molecule has 1 N–H and O–H groups in total.